The number of carbonyl (C=O) groups is 2. The third-order valence-electron chi connectivity index (χ3n) is 3.96. The molecule has 2 saturated heterocycles. The van der Waals surface area contributed by atoms with E-state index >= 15 is 0 Å². The number of amides is 2. The fourth-order valence-electron chi connectivity index (χ4n) is 2.77. The molecule has 0 bridgehead atoms. The summed E-state index contributed by atoms with van der Waals surface area (Å²) in [6, 6.07) is -0.291. The van der Waals surface area contributed by atoms with E-state index in [1.165, 1.54) is 0 Å². The van der Waals surface area contributed by atoms with Gasteiger partial charge >= 0.3 is 12.0 Å². The van der Waals surface area contributed by atoms with Gasteiger partial charge in [-0.2, -0.15) is 0 Å². The van der Waals surface area contributed by atoms with Gasteiger partial charge in [-0.1, -0.05) is 13.8 Å². The second-order valence-electron chi connectivity index (χ2n) is 6.31. The standard InChI is InChI=1S/C13H22N2O4/c1-12(2)4-3-6-15(8-12)11(18)14-13(10(16)17)5-7-19-9-13/h3-9H2,1-2H3,(H,14,18)(H,16,17). The van der Waals surface area contributed by atoms with Crippen LogP contribution in [0.3, 0.4) is 0 Å². The molecule has 2 fully saturated rings. The summed E-state index contributed by atoms with van der Waals surface area (Å²) in [6.07, 6.45) is 2.37. The van der Waals surface area contributed by atoms with E-state index in [9.17, 15) is 14.7 Å². The number of hydrogen-bond donors (Lipinski definition) is 2. The molecule has 0 saturated carbocycles. The van der Waals surface area contributed by atoms with Crippen LogP contribution < -0.4 is 5.32 Å². The quantitative estimate of drug-likeness (QED) is 0.786. The third-order valence-corrected chi connectivity index (χ3v) is 3.96. The summed E-state index contributed by atoms with van der Waals surface area (Å²) >= 11 is 0. The SMILES string of the molecule is CC1(C)CCCN(C(=O)NC2(C(=O)O)CCOC2)C1. The van der Waals surface area contributed by atoms with Gasteiger partial charge in [0.25, 0.3) is 0 Å². The van der Waals surface area contributed by atoms with Gasteiger partial charge in [-0.25, -0.2) is 9.59 Å². The molecule has 2 rings (SSSR count). The Morgan fingerprint density at radius 1 is 1.32 bits per heavy atom. The minimum atomic E-state index is -1.25. The van der Waals surface area contributed by atoms with Crippen LogP contribution in [0.5, 0.6) is 0 Å². The second-order valence-corrected chi connectivity index (χ2v) is 6.31. The Morgan fingerprint density at radius 2 is 2.05 bits per heavy atom. The molecule has 6 nitrogen and oxygen atoms in total. The molecule has 2 heterocycles. The van der Waals surface area contributed by atoms with Crippen LogP contribution in [0.1, 0.15) is 33.1 Å². The molecule has 0 radical (unpaired) electrons. The van der Waals surface area contributed by atoms with Gasteiger partial charge in [-0.3, -0.25) is 0 Å². The minimum absolute atomic E-state index is 0.0469. The summed E-state index contributed by atoms with van der Waals surface area (Å²) in [4.78, 5) is 25.3. The van der Waals surface area contributed by atoms with Crippen molar-refractivity contribution in [1.82, 2.24) is 10.2 Å². The average molecular weight is 270 g/mol. The van der Waals surface area contributed by atoms with Crippen LogP contribution >= 0.6 is 0 Å². The zero-order valence-corrected chi connectivity index (χ0v) is 11.6. The van der Waals surface area contributed by atoms with Crippen LogP contribution in [0.15, 0.2) is 0 Å². The number of likely N-dealkylation sites (tertiary alicyclic amines) is 1. The van der Waals surface area contributed by atoms with Crippen molar-refractivity contribution in [2.45, 2.75) is 38.6 Å². The zero-order valence-electron chi connectivity index (χ0n) is 11.6. The van der Waals surface area contributed by atoms with Crippen LogP contribution in [-0.2, 0) is 9.53 Å². The lowest BCUT2D eigenvalue weighted by Crippen LogP contribution is -2.60. The van der Waals surface area contributed by atoms with Crippen molar-refractivity contribution in [3.63, 3.8) is 0 Å². The molecule has 0 aromatic carbocycles. The van der Waals surface area contributed by atoms with Gasteiger partial charge in [-0.15, -0.1) is 0 Å². The normalized spacial score (nSPS) is 30.1. The first-order valence-electron chi connectivity index (χ1n) is 6.73. The molecule has 0 spiro atoms. The number of hydrogen-bond acceptors (Lipinski definition) is 3. The summed E-state index contributed by atoms with van der Waals surface area (Å²) in [7, 11) is 0. The van der Waals surface area contributed by atoms with E-state index in [2.05, 4.69) is 19.2 Å². The van der Waals surface area contributed by atoms with Crippen molar-refractivity contribution in [2.75, 3.05) is 26.3 Å². The molecular weight excluding hydrogens is 248 g/mol. The predicted molar refractivity (Wildman–Crippen MR) is 68.9 cm³/mol. The number of rotatable bonds is 2. The topological polar surface area (TPSA) is 78.9 Å². The number of ether oxygens (including phenoxy) is 1. The Labute approximate surface area is 113 Å². The van der Waals surface area contributed by atoms with Crippen molar-refractivity contribution >= 4 is 12.0 Å². The van der Waals surface area contributed by atoms with Crippen LogP contribution in [0.2, 0.25) is 0 Å². The molecular formula is C13H22N2O4. The minimum Gasteiger partial charge on any atom is -0.479 e. The highest BCUT2D eigenvalue weighted by Gasteiger charge is 2.45. The predicted octanol–water partition coefficient (Wildman–Crippen LogP) is 1.06. The van der Waals surface area contributed by atoms with Crippen LogP contribution in [0, 0.1) is 5.41 Å². The van der Waals surface area contributed by atoms with Gasteiger partial charge in [0.15, 0.2) is 5.54 Å². The molecule has 0 aromatic rings. The molecule has 2 aliphatic heterocycles. The van der Waals surface area contributed by atoms with Crippen molar-refractivity contribution < 1.29 is 19.4 Å². The van der Waals surface area contributed by atoms with Gasteiger partial charge in [-0.05, 0) is 18.3 Å². The Morgan fingerprint density at radius 3 is 2.58 bits per heavy atom. The smallest absolute Gasteiger partial charge is 0.332 e. The zero-order chi connectivity index (χ0) is 14.1. The molecule has 2 amide bonds. The highest BCUT2D eigenvalue weighted by molar-refractivity contribution is 5.86. The van der Waals surface area contributed by atoms with E-state index in [-0.39, 0.29) is 18.1 Å². The fourth-order valence-corrected chi connectivity index (χ4v) is 2.77. The number of carboxylic acids is 1. The summed E-state index contributed by atoms with van der Waals surface area (Å²) in [5, 5.41) is 12.0. The van der Waals surface area contributed by atoms with Crippen molar-refractivity contribution in [1.29, 1.82) is 0 Å². The number of nitrogens with zero attached hydrogens (tertiary/aromatic N) is 1. The third kappa shape index (κ3) is 3.00. The van der Waals surface area contributed by atoms with Gasteiger partial charge in [0.1, 0.15) is 0 Å². The number of piperidine rings is 1. The molecule has 19 heavy (non-hydrogen) atoms. The van der Waals surface area contributed by atoms with Crippen molar-refractivity contribution in [3.8, 4) is 0 Å². The monoisotopic (exact) mass is 270 g/mol. The second kappa shape index (κ2) is 5.00. The van der Waals surface area contributed by atoms with E-state index < -0.39 is 11.5 Å². The van der Waals surface area contributed by atoms with Gasteiger partial charge in [0, 0.05) is 26.1 Å². The summed E-state index contributed by atoms with van der Waals surface area (Å²) in [5.74, 6) is -1.02. The fraction of sp³-hybridized carbons (Fsp3) is 0.846. The van der Waals surface area contributed by atoms with Crippen molar-refractivity contribution in [2.24, 2.45) is 5.41 Å². The molecule has 2 aliphatic rings. The number of carboxylic acid groups (broad SMARTS) is 1. The lowest BCUT2D eigenvalue weighted by molar-refractivity contribution is -0.144. The maximum absolute atomic E-state index is 12.2. The first-order valence-corrected chi connectivity index (χ1v) is 6.73. The first kappa shape index (κ1) is 14.1. The summed E-state index contributed by atoms with van der Waals surface area (Å²) in [5.41, 5.74) is -1.16. The number of carbonyl (C=O) groups excluding carboxylic acids is 1. The van der Waals surface area contributed by atoms with E-state index in [0.29, 0.717) is 26.1 Å². The average Bonchev–Trinajstić information content (AvgIpc) is 2.77. The maximum atomic E-state index is 12.2. The molecule has 0 aliphatic carbocycles. The van der Waals surface area contributed by atoms with Crippen LogP contribution in [-0.4, -0.2) is 53.8 Å². The molecule has 6 heteroatoms. The maximum Gasteiger partial charge on any atom is 0.332 e. The molecule has 1 atom stereocenters. The number of urea groups is 1. The van der Waals surface area contributed by atoms with Crippen LogP contribution in [0.4, 0.5) is 4.79 Å². The van der Waals surface area contributed by atoms with Gasteiger partial charge in [0.05, 0.1) is 6.61 Å². The molecule has 0 aromatic heterocycles. The molecule has 108 valence electrons. The lowest BCUT2D eigenvalue weighted by atomic mass is 9.84. The van der Waals surface area contributed by atoms with Gasteiger partial charge < -0.3 is 20.1 Å². The number of aliphatic carboxylic acids is 1. The first-order chi connectivity index (χ1) is 8.85. The number of nitrogens with one attached hydrogen (secondary N) is 1. The van der Waals surface area contributed by atoms with E-state index in [1.54, 1.807) is 4.90 Å². The Kier molecular flexibility index (Phi) is 3.71. The van der Waals surface area contributed by atoms with Crippen LogP contribution in [0.25, 0.3) is 0 Å². The molecule has 2 N–H and O–H groups in total. The highest BCUT2D eigenvalue weighted by atomic mass is 16.5. The van der Waals surface area contributed by atoms with E-state index in [4.69, 9.17) is 4.74 Å². The Balaban J connectivity index is 2.02. The lowest BCUT2D eigenvalue weighted by Gasteiger charge is -2.39. The Hall–Kier alpha value is -1.30. The molecule has 1 unspecified atom stereocenters. The van der Waals surface area contributed by atoms with Gasteiger partial charge in [0.2, 0.25) is 0 Å². The largest absolute Gasteiger partial charge is 0.479 e. The highest BCUT2D eigenvalue weighted by Crippen LogP contribution is 2.29. The van der Waals surface area contributed by atoms with Crippen molar-refractivity contribution in [3.05, 3.63) is 0 Å². The van der Waals surface area contributed by atoms with E-state index in [1.807, 2.05) is 0 Å². The summed E-state index contributed by atoms with van der Waals surface area (Å²) < 4.78 is 5.14. The van der Waals surface area contributed by atoms with E-state index in [0.717, 1.165) is 12.8 Å². The summed E-state index contributed by atoms with van der Waals surface area (Å²) in [6.45, 7) is 6.01. The Bertz CT molecular complexity index is 375.